The zero-order valence-electron chi connectivity index (χ0n) is 13.1. The molecule has 0 saturated heterocycles. The van der Waals surface area contributed by atoms with Crippen LogP contribution in [-0.2, 0) is 0 Å². The minimum atomic E-state index is -0.162. The summed E-state index contributed by atoms with van der Waals surface area (Å²) in [6.07, 6.45) is 1.77. The van der Waals surface area contributed by atoms with E-state index >= 15 is 0 Å². The molecule has 0 bridgehead atoms. The van der Waals surface area contributed by atoms with Gasteiger partial charge in [0.1, 0.15) is 5.75 Å². The maximum absolute atomic E-state index is 12.9. The topological polar surface area (TPSA) is 29.5 Å². The van der Waals surface area contributed by atoms with Crippen molar-refractivity contribution in [3.8, 4) is 5.75 Å². The van der Waals surface area contributed by atoms with Crippen LogP contribution in [0.3, 0.4) is 0 Å². The normalized spacial score (nSPS) is 11.3. The van der Waals surface area contributed by atoms with Crippen LogP contribution in [0.25, 0.3) is 5.57 Å². The molecule has 0 amide bonds. The molecule has 3 nitrogen and oxygen atoms in total. The fourth-order valence-electron chi connectivity index (χ4n) is 2.11. The minimum Gasteiger partial charge on any atom is -0.497 e. The molecule has 0 heterocycles. The number of benzene rings is 2. The second kappa shape index (κ2) is 7.53. The molecule has 0 unspecified atom stereocenters. The van der Waals surface area contributed by atoms with Gasteiger partial charge >= 0.3 is 0 Å². The fourth-order valence-corrected chi connectivity index (χ4v) is 2.61. The average molecular weight is 350 g/mol. The number of methoxy groups -OCH3 is 1. The van der Waals surface area contributed by atoms with Crippen molar-refractivity contribution in [1.29, 1.82) is 0 Å². The molecule has 2 rings (SSSR count). The molecule has 120 valence electrons. The van der Waals surface area contributed by atoms with Crippen molar-refractivity contribution in [2.75, 3.05) is 21.2 Å². The second-order valence-electron chi connectivity index (χ2n) is 5.19. The van der Waals surface area contributed by atoms with Gasteiger partial charge in [-0.2, -0.15) is 0 Å². The monoisotopic (exact) mass is 349 g/mol. The highest BCUT2D eigenvalue weighted by Crippen LogP contribution is 2.28. The molecule has 0 aliphatic carbocycles. The number of ether oxygens (including phenoxy) is 1. The van der Waals surface area contributed by atoms with Gasteiger partial charge in [0.15, 0.2) is 5.78 Å². The van der Waals surface area contributed by atoms with E-state index in [9.17, 15) is 4.79 Å². The van der Waals surface area contributed by atoms with E-state index in [1.54, 1.807) is 31.5 Å². The van der Waals surface area contributed by atoms with Crippen molar-refractivity contribution < 1.29 is 9.53 Å². The van der Waals surface area contributed by atoms with Gasteiger partial charge in [0.05, 0.1) is 12.1 Å². The number of nitrogens with zero attached hydrogens (tertiary/aromatic N) is 1. The summed E-state index contributed by atoms with van der Waals surface area (Å²) in [5.41, 5.74) is 1.75. The molecule has 0 N–H and O–H groups in total. The van der Waals surface area contributed by atoms with Crippen LogP contribution in [0.5, 0.6) is 5.75 Å². The molecule has 0 radical (unpaired) electrons. The molecule has 0 aromatic heterocycles. The van der Waals surface area contributed by atoms with Crippen molar-refractivity contribution in [3.05, 3.63) is 69.8 Å². The second-order valence-corrected chi connectivity index (χ2v) is 6.03. The van der Waals surface area contributed by atoms with E-state index in [0.717, 1.165) is 11.3 Å². The van der Waals surface area contributed by atoms with Gasteiger partial charge in [-0.25, -0.2) is 0 Å². The summed E-state index contributed by atoms with van der Waals surface area (Å²) in [5, 5.41) is 0.829. The highest BCUT2D eigenvalue weighted by molar-refractivity contribution is 6.40. The largest absolute Gasteiger partial charge is 0.497 e. The number of allylic oxidation sites excluding steroid dienone is 1. The molecule has 23 heavy (non-hydrogen) atoms. The predicted molar refractivity (Wildman–Crippen MR) is 95.5 cm³/mol. The summed E-state index contributed by atoms with van der Waals surface area (Å²) < 4.78 is 5.16. The van der Waals surface area contributed by atoms with Crippen LogP contribution in [0.1, 0.15) is 15.9 Å². The number of hydrogen-bond acceptors (Lipinski definition) is 3. The smallest absolute Gasteiger partial charge is 0.196 e. The number of ketones is 1. The summed E-state index contributed by atoms with van der Waals surface area (Å²) in [5.74, 6) is 0.570. The standard InChI is InChI=1S/C18H17Cl2NO2/c1-21(2)11-16(12-4-7-14(23-3)8-5-12)18(22)15-9-6-13(19)10-17(15)20/h4-11H,1-3H3. The van der Waals surface area contributed by atoms with Crippen LogP contribution in [0.4, 0.5) is 0 Å². The van der Waals surface area contributed by atoms with E-state index < -0.39 is 0 Å². The van der Waals surface area contributed by atoms with Crippen molar-refractivity contribution in [3.63, 3.8) is 0 Å². The number of halogens is 2. The van der Waals surface area contributed by atoms with Crippen LogP contribution in [-0.4, -0.2) is 31.9 Å². The van der Waals surface area contributed by atoms with Gasteiger partial charge < -0.3 is 9.64 Å². The molecular weight excluding hydrogens is 333 g/mol. The lowest BCUT2D eigenvalue weighted by Crippen LogP contribution is -2.10. The Hall–Kier alpha value is -1.97. The van der Waals surface area contributed by atoms with E-state index in [4.69, 9.17) is 27.9 Å². The van der Waals surface area contributed by atoms with E-state index in [1.807, 2.05) is 43.3 Å². The summed E-state index contributed by atoms with van der Waals surface area (Å²) in [6, 6.07) is 12.2. The quantitative estimate of drug-likeness (QED) is 0.574. The molecule has 0 fully saturated rings. The van der Waals surface area contributed by atoms with Gasteiger partial charge in [-0.05, 0) is 35.9 Å². The molecule has 2 aromatic rings. The van der Waals surface area contributed by atoms with Crippen LogP contribution in [0.15, 0.2) is 48.7 Å². The lowest BCUT2D eigenvalue weighted by atomic mass is 9.97. The van der Waals surface area contributed by atoms with Gasteiger partial charge in [0.25, 0.3) is 0 Å². The van der Waals surface area contributed by atoms with Crippen LogP contribution < -0.4 is 4.74 Å². The predicted octanol–water partition coefficient (Wildman–Crippen LogP) is 4.79. The van der Waals surface area contributed by atoms with Crippen molar-refractivity contribution in [2.24, 2.45) is 0 Å². The molecular formula is C18H17Cl2NO2. The van der Waals surface area contributed by atoms with Crippen LogP contribution in [0.2, 0.25) is 10.0 Å². The van der Waals surface area contributed by atoms with Gasteiger partial charge in [-0.1, -0.05) is 35.3 Å². The Labute approximate surface area is 146 Å². The average Bonchev–Trinajstić information content (AvgIpc) is 2.52. The molecule has 0 spiro atoms. The Bertz CT molecular complexity index is 737. The zero-order chi connectivity index (χ0) is 17.0. The maximum Gasteiger partial charge on any atom is 0.196 e. The molecule has 0 aliphatic rings. The van der Waals surface area contributed by atoms with Gasteiger partial charge in [0.2, 0.25) is 0 Å². The lowest BCUT2D eigenvalue weighted by molar-refractivity contribution is 0.105. The van der Waals surface area contributed by atoms with E-state index in [2.05, 4.69) is 0 Å². The first-order valence-corrected chi connectivity index (χ1v) is 7.70. The molecule has 0 aliphatic heterocycles. The van der Waals surface area contributed by atoms with Gasteiger partial charge in [0, 0.05) is 36.5 Å². The Morgan fingerprint density at radius 3 is 2.26 bits per heavy atom. The Morgan fingerprint density at radius 1 is 1.09 bits per heavy atom. The Balaban J connectivity index is 2.47. The first kappa shape index (κ1) is 17.4. The number of carbonyl (C=O) groups is 1. The first-order chi connectivity index (χ1) is 10.9. The maximum atomic E-state index is 12.9. The fraction of sp³-hybridized carbons (Fsp3) is 0.167. The number of rotatable bonds is 5. The van der Waals surface area contributed by atoms with E-state index in [0.29, 0.717) is 21.2 Å². The molecule has 0 saturated carbocycles. The van der Waals surface area contributed by atoms with Crippen LogP contribution >= 0.6 is 23.2 Å². The number of carbonyl (C=O) groups excluding carboxylic acids is 1. The molecule has 2 aromatic carbocycles. The Kier molecular flexibility index (Phi) is 5.69. The first-order valence-electron chi connectivity index (χ1n) is 6.95. The lowest BCUT2D eigenvalue weighted by Gasteiger charge is -2.13. The molecule has 0 atom stereocenters. The third kappa shape index (κ3) is 4.27. The summed E-state index contributed by atoms with van der Waals surface area (Å²) >= 11 is 12.1. The summed E-state index contributed by atoms with van der Waals surface area (Å²) in [7, 11) is 5.32. The number of Topliss-reactive ketones (excluding diaryl/α,β-unsaturated/α-hetero) is 1. The van der Waals surface area contributed by atoms with Crippen LogP contribution in [0, 0.1) is 0 Å². The summed E-state index contributed by atoms with van der Waals surface area (Å²) in [4.78, 5) is 14.7. The highest BCUT2D eigenvalue weighted by atomic mass is 35.5. The van der Waals surface area contributed by atoms with Crippen molar-refractivity contribution in [1.82, 2.24) is 4.90 Å². The SMILES string of the molecule is COc1ccc(C(=CN(C)C)C(=O)c2ccc(Cl)cc2Cl)cc1. The molecule has 5 heteroatoms. The van der Waals surface area contributed by atoms with E-state index in [-0.39, 0.29) is 5.78 Å². The van der Waals surface area contributed by atoms with Crippen molar-refractivity contribution in [2.45, 2.75) is 0 Å². The minimum absolute atomic E-state index is 0.162. The Morgan fingerprint density at radius 2 is 1.74 bits per heavy atom. The number of hydrogen-bond donors (Lipinski definition) is 0. The third-order valence-electron chi connectivity index (χ3n) is 3.21. The van der Waals surface area contributed by atoms with Crippen molar-refractivity contribution >= 4 is 34.6 Å². The van der Waals surface area contributed by atoms with E-state index in [1.165, 1.54) is 0 Å². The highest BCUT2D eigenvalue weighted by Gasteiger charge is 2.18. The third-order valence-corrected chi connectivity index (χ3v) is 3.76. The van der Waals surface area contributed by atoms with Gasteiger partial charge in [-0.15, -0.1) is 0 Å². The zero-order valence-corrected chi connectivity index (χ0v) is 14.7. The van der Waals surface area contributed by atoms with Gasteiger partial charge in [-0.3, -0.25) is 4.79 Å². The summed E-state index contributed by atoms with van der Waals surface area (Å²) in [6.45, 7) is 0.